The summed E-state index contributed by atoms with van der Waals surface area (Å²) < 4.78 is 60.3. The van der Waals surface area contributed by atoms with Gasteiger partial charge < -0.3 is 14.2 Å². The molecule has 0 saturated carbocycles. The van der Waals surface area contributed by atoms with Crippen molar-refractivity contribution in [3.8, 4) is 5.75 Å². The molecule has 9 heteroatoms. The zero-order chi connectivity index (χ0) is 18.2. The Morgan fingerprint density at radius 3 is 2.80 bits per heavy atom. The molecule has 0 radical (unpaired) electrons. The van der Waals surface area contributed by atoms with E-state index >= 15 is 0 Å². The van der Waals surface area contributed by atoms with Crippen molar-refractivity contribution in [2.24, 2.45) is 0 Å². The molecular formula is C16H19FO7S. The molecule has 0 aromatic heterocycles. The summed E-state index contributed by atoms with van der Waals surface area (Å²) in [7, 11) is -4.22. The minimum absolute atomic E-state index is 0.0272. The van der Waals surface area contributed by atoms with Crippen LogP contribution in [0.15, 0.2) is 18.2 Å². The Hall–Kier alpha value is -1.71. The summed E-state index contributed by atoms with van der Waals surface area (Å²) in [5.41, 5.74) is -0.628. The van der Waals surface area contributed by atoms with Gasteiger partial charge in [0.05, 0.1) is 17.8 Å². The molecule has 3 rings (SSSR count). The van der Waals surface area contributed by atoms with Crippen LogP contribution in [0.3, 0.4) is 0 Å². The van der Waals surface area contributed by atoms with E-state index in [0.29, 0.717) is 6.42 Å². The Labute approximate surface area is 144 Å². The predicted octanol–water partition coefficient (Wildman–Crippen LogP) is 1.96. The third-order valence-electron chi connectivity index (χ3n) is 4.51. The van der Waals surface area contributed by atoms with Gasteiger partial charge in [0.25, 0.3) is 10.1 Å². The van der Waals surface area contributed by atoms with Crippen LogP contribution in [0.1, 0.15) is 36.5 Å². The number of esters is 1. The van der Waals surface area contributed by atoms with Crippen LogP contribution in [0.25, 0.3) is 0 Å². The number of carbonyl (C=O) groups is 1. The molecule has 2 fully saturated rings. The lowest BCUT2D eigenvalue weighted by Gasteiger charge is -2.32. The Kier molecular flexibility index (Phi) is 4.74. The molecule has 1 N–H and O–H groups in total. The first-order chi connectivity index (χ1) is 11.7. The molecule has 2 saturated heterocycles. The predicted molar refractivity (Wildman–Crippen MR) is 84.6 cm³/mol. The normalized spacial score (nSPS) is 28.1. The van der Waals surface area contributed by atoms with E-state index in [2.05, 4.69) is 0 Å². The summed E-state index contributed by atoms with van der Waals surface area (Å²) >= 11 is 0. The molecule has 0 aliphatic carbocycles. The monoisotopic (exact) mass is 374 g/mol. The Bertz CT molecular complexity index is 779. The van der Waals surface area contributed by atoms with Crippen molar-refractivity contribution in [1.29, 1.82) is 0 Å². The van der Waals surface area contributed by atoms with E-state index in [1.54, 1.807) is 0 Å². The highest BCUT2D eigenvalue weighted by atomic mass is 32.2. The molecular weight excluding hydrogens is 355 g/mol. The molecule has 2 bridgehead atoms. The first-order valence-electron chi connectivity index (χ1n) is 7.93. The van der Waals surface area contributed by atoms with Gasteiger partial charge in [0.1, 0.15) is 18.0 Å². The number of rotatable bonds is 6. The number of hydrogen-bond acceptors (Lipinski definition) is 6. The molecule has 2 aliphatic heterocycles. The van der Waals surface area contributed by atoms with Crippen LogP contribution in [0.2, 0.25) is 0 Å². The van der Waals surface area contributed by atoms with Crippen LogP contribution in [0.4, 0.5) is 4.39 Å². The third-order valence-corrected chi connectivity index (χ3v) is 5.19. The summed E-state index contributed by atoms with van der Waals surface area (Å²) in [6.45, 7) is 1.36. The topological polar surface area (TPSA) is 99.1 Å². The second-order valence-electron chi connectivity index (χ2n) is 6.51. The largest absolute Gasteiger partial charge is 0.482 e. The van der Waals surface area contributed by atoms with E-state index in [1.807, 2.05) is 6.92 Å². The lowest BCUT2D eigenvalue weighted by molar-refractivity contribution is 0.00206. The van der Waals surface area contributed by atoms with Crippen molar-refractivity contribution in [3.63, 3.8) is 0 Å². The maximum Gasteiger partial charge on any atom is 0.338 e. The van der Waals surface area contributed by atoms with Gasteiger partial charge in [-0.25, -0.2) is 9.18 Å². The van der Waals surface area contributed by atoms with Crippen molar-refractivity contribution in [3.05, 3.63) is 29.6 Å². The molecule has 2 aliphatic rings. The molecule has 0 spiro atoms. The molecule has 3 atom stereocenters. The molecule has 0 amide bonds. The molecule has 1 aromatic rings. The number of fused-ring (bicyclic) bond motifs is 2. The van der Waals surface area contributed by atoms with Crippen molar-refractivity contribution in [1.82, 2.24) is 0 Å². The Morgan fingerprint density at radius 2 is 2.20 bits per heavy atom. The van der Waals surface area contributed by atoms with E-state index in [4.69, 9.17) is 18.8 Å². The minimum Gasteiger partial charge on any atom is -0.482 e. The summed E-state index contributed by atoms with van der Waals surface area (Å²) in [5.74, 6) is -2.23. The smallest absolute Gasteiger partial charge is 0.338 e. The summed E-state index contributed by atoms with van der Waals surface area (Å²) in [4.78, 5) is 11.9. The van der Waals surface area contributed by atoms with Gasteiger partial charge in [-0.05, 0) is 38.0 Å². The van der Waals surface area contributed by atoms with Gasteiger partial charge in [-0.3, -0.25) is 4.55 Å². The Balaban J connectivity index is 1.69. The summed E-state index contributed by atoms with van der Waals surface area (Å²) in [6.07, 6.45) is 2.47. The van der Waals surface area contributed by atoms with Crippen molar-refractivity contribution in [2.75, 3.05) is 12.4 Å². The zero-order valence-corrected chi connectivity index (χ0v) is 14.4. The molecule has 138 valence electrons. The van der Waals surface area contributed by atoms with E-state index in [0.717, 1.165) is 18.9 Å². The van der Waals surface area contributed by atoms with Gasteiger partial charge in [-0.15, -0.1) is 0 Å². The zero-order valence-electron chi connectivity index (χ0n) is 13.6. The molecule has 3 unspecified atom stereocenters. The first kappa shape index (κ1) is 18.1. The van der Waals surface area contributed by atoms with Crippen molar-refractivity contribution in [2.45, 2.75) is 44.0 Å². The Morgan fingerprint density at radius 1 is 1.44 bits per heavy atom. The van der Waals surface area contributed by atoms with E-state index in [9.17, 15) is 17.6 Å². The summed E-state index contributed by atoms with van der Waals surface area (Å²) in [6, 6.07) is 3.53. The number of carbonyl (C=O) groups excluding carboxylic acids is 1. The van der Waals surface area contributed by atoms with Gasteiger partial charge in [-0.1, -0.05) is 0 Å². The highest BCUT2D eigenvalue weighted by Gasteiger charge is 2.51. The lowest BCUT2D eigenvalue weighted by Crippen LogP contribution is -2.42. The van der Waals surface area contributed by atoms with Gasteiger partial charge in [-0.2, -0.15) is 8.42 Å². The maximum atomic E-state index is 14.1. The van der Waals surface area contributed by atoms with E-state index in [-0.39, 0.29) is 23.5 Å². The highest BCUT2D eigenvalue weighted by Crippen LogP contribution is 2.44. The third kappa shape index (κ3) is 4.10. The second kappa shape index (κ2) is 6.54. The van der Waals surface area contributed by atoms with Crippen molar-refractivity contribution >= 4 is 16.1 Å². The fraction of sp³-hybridized carbons (Fsp3) is 0.562. The SMILES string of the molecule is CC1(Oc2cc(C(=O)OCCS(=O)(=O)O)ccc2F)CC2CCC1O2. The first-order valence-corrected chi connectivity index (χ1v) is 9.53. The van der Waals surface area contributed by atoms with Crippen LogP contribution in [0, 0.1) is 5.82 Å². The molecule has 25 heavy (non-hydrogen) atoms. The maximum absolute atomic E-state index is 14.1. The van der Waals surface area contributed by atoms with Crippen LogP contribution >= 0.6 is 0 Å². The number of benzene rings is 1. The van der Waals surface area contributed by atoms with E-state index < -0.39 is 39.9 Å². The average molecular weight is 374 g/mol. The van der Waals surface area contributed by atoms with E-state index in [1.165, 1.54) is 12.1 Å². The number of ether oxygens (including phenoxy) is 3. The fourth-order valence-electron chi connectivity index (χ4n) is 3.28. The fourth-order valence-corrected chi connectivity index (χ4v) is 3.57. The standard InChI is InChI=1S/C16H19FO7S/c1-16(9-11-3-5-14(16)23-11)24-13-8-10(2-4-12(13)17)15(18)22-6-7-25(19,20)21/h2,4,8,11,14H,3,5-7,9H2,1H3,(H,19,20,21). The quantitative estimate of drug-likeness (QED) is 0.600. The van der Waals surface area contributed by atoms with Crippen molar-refractivity contribution < 1.29 is 36.4 Å². The van der Waals surface area contributed by atoms with Gasteiger partial charge in [0, 0.05) is 6.42 Å². The molecule has 7 nitrogen and oxygen atoms in total. The summed E-state index contributed by atoms with van der Waals surface area (Å²) in [5, 5.41) is 0. The van der Waals surface area contributed by atoms with Gasteiger partial charge in [0.2, 0.25) is 0 Å². The number of halogens is 1. The van der Waals surface area contributed by atoms with Crippen LogP contribution in [-0.2, 0) is 19.6 Å². The van der Waals surface area contributed by atoms with Crippen LogP contribution in [0.5, 0.6) is 5.75 Å². The van der Waals surface area contributed by atoms with Gasteiger partial charge in [0.15, 0.2) is 11.6 Å². The average Bonchev–Trinajstić information content (AvgIpc) is 3.08. The number of hydrogen-bond donors (Lipinski definition) is 1. The molecule has 2 heterocycles. The van der Waals surface area contributed by atoms with Gasteiger partial charge >= 0.3 is 5.97 Å². The van der Waals surface area contributed by atoms with Crippen LogP contribution in [-0.4, -0.2) is 49.1 Å². The minimum atomic E-state index is -4.22. The second-order valence-corrected chi connectivity index (χ2v) is 8.08. The highest BCUT2D eigenvalue weighted by molar-refractivity contribution is 7.85. The lowest BCUT2D eigenvalue weighted by atomic mass is 9.86. The van der Waals surface area contributed by atoms with Crippen LogP contribution < -0.4 is 4.74 Å². The molecule has 1 aromatic carbocycles.